The van der Waals surface area contributed by atoms with Crippen molar-refractivity contribution >= 4 is 29.9 Å². The molecule has 152 valence electrons. The summed E-state index contributed by atoms with van der Waals surface area (Å²) < 4.78 is 11.6. The lowest BCUT2D eigenvalue weighted by atomic mass is 10.1. The van der Waals surface area contributed by atoms with Crippen molar-refractivity contribution in [1.29, 1.82) is 0 Å². The van der Waals surface area contributed by atoms with Gasteiger partial charge in [0, 0.05) is 19.7 Å². The SMILES string of the molecule is CCNC(=NCc1ccccc1COc1ccccc1)NCC1CCCO1.I. The Labute approximate surface area is 184 Å². The van der Waals surface area contributed by atoms with Crippen LogP contribution in [-0.4, -0.2) is 31.8 Å². The molecule has 0 aromatic heterocycles. The first kappa shape index (κ1) is 22.5. The molecule has 1 saturated heterocycles. The van der Waals surface area contributed by atoms with Gasteiger partial charge < -0.3 is 20.1 Å². The lowest BCUT2D eigenvalue weighted by Gasteiger charge is -2.15. The summed E-state index contributed by atoms with van der Waals surface area (Å²) in [6.45, 7) is 5.71. The number of para-hydroxylation sites is 1. The third-order valence-corrected chi connectivity index (χ3v) is 4.53. The van der Waals surface area contributed by atoms with E-state index in [0.29, 0.717) is 19.3 Å². The molecule has 1 aliphatic rings. The normalized spacial score (nSPS) is 16.3. The van der Waals surface area contributed by atoms with Crippen molar-refractivity contribution < 1.29 is 9.47 Å². The molecule has 0 aliphatic carbocycles. The molecule has 0 radical (unpaired) electrons. The Bertz CT molecular complexity index is 719. The summed E-state index contributed by atoms with van der Waals surface area (Å²) in [7, 11) is 0. The van der Waals surface area contributed by atoms with Crippen molar-refractivity contribution in [2.24, 2.45) is 4.99 Å². The van der Waals surface area contributed by atoms with Gasteiger partial charge in [-0.2, -0.15) is 0 Å². The molecule has 3 rings (SSSR count). The lowest BCUT2D eigenvalue weighted by Crippen LogP contribution is -2.41. The predicted molar refractivity (Wildman–Crippen MR) is 124 cm³/mol. The Kier molecular flexibility index (Phi) is 10.1. The van der Waals surface area contributed by atoms with Crippen LogP contribution in [0.4, 0.5) is 0 Å². The number of aliphatic imine (C=N–C) groups is 1. The van der Waals surface area contributed by atoms with Gasteiger partial charge in [-0.1, -0.05) is 42.5 Å². The predicted octanol–water partition coefficient (Wildman–Crippen LogP) is 4.12. The average molecular weight is 495 g/mol. The van der Waals surface area contributed by atoms with E-state index in [1.54, 1.807) is 0 Å². The summed E-state index contributed by atoms with van der Waals surface area (Å²) in [5, 5.41) is 6.70. The van der Waals surface area contributed by atoms with Crippen molar-refractivity contribution in [2.45, 2.75) is 39.0 Å². The fourth-order valence-electron chi connectivity index (χ4n) is 3.05. The number of ether oxygens (including phenoxy) is 2. The van der Waals surface area contributed by atoms with E-state index in [0.717, 1.165) is 49.8 Å². The highest BCUT2D eigenvalue weighted by Gasteiger charge is 2.15. The van der Waals surface area contributed by atoms with Gasteiger partial charge in [-0.05, 0) is 43.0 Å². The summed E-state index contributed by atoms with van der Waals surface area (Å²) in [6.07, 6.45) is 2.56. The molecule has 2 aromatic carbocycles. The van der Waals surface area contributed by atoms with Crippen LogP contribution < -0.4 is 15.4 Å². The Hall–Kier alpha value is -1.80. The molecule has 1 atom stereocenters. The van der Waals surface area contributed by atoms with Crippen LogP contribution in [-0.2, 0) is 17.9 Å². The molecule has 5 nitrogen and oxygen atoms in total. The van der Waals surface area contributed by atoms with Gasteiger partial charge in [0.25, 0.3) is 0 Å². The minimum absolute atomic E-state index is 0. The summed E-state index contributed by atoms with van der Waals surface area (Å²) in [6, 6.07) is 18.2. The molecule has 1 heterocycles. The van der Waals surface area contributed by atoms with E-state index in [4.69, 9.17) is 14.5 Å². The van der Waals surface area contributed by atoms with Gasteiger partial charge in [0.05, 0.1) is 12.6 Å². The number of benzene rings is 2. The van der Waals surface area contributed by atoms with Gasteiger partial charge in [-0.15, -0.1) is 24.0 Å². The molecule has 28 heavy (non-hydrogen) atoms. The average Bonchev–Trinajstić information content (AvgIpc) is 3.23. The number of guanidine groups is 1. The van der Waals surface area contributed by atoms with E-state index in [-0.39, 0.29) is 24.0 Å². The van der Waals surface area contributed by atoms with E-state index < -0.39 is 0 Å². The molecule has 1 aliphatic heterocycles. The molecule has 2 aromatic rings. The first-order chi connectivity index (χ1) is 13.3. The van der Waals surface area contributed by atoms with Gasteiger partial charge in [0.15, 0.2) is 5.96 Å². The molecular formula is C22H30IN3O2. The van der Waals surface area contributed by atoms with Crippen LogP contribution in [0.25, 0.3) is 0 Å². The monoisotopic (exact) mass is 495 g/mol. The van der Waals surface area contributed by atoms with Gasteiger partial charge in [0.1, 0.15) is 12.4 Å². The fourth-order valence-corrected chi connectivity index (χ4v) is 3.05. The number of nitrogens with zero attached hydrogens (tertiary/aromatic N) is 1. The van der Waals surface area contributed by atoms with E-state index >= 15 is 0 Å². The smallest absolute Gasteiger partial charge is 0.191 e. The second kappa shape index (κ2) is 12.6. The van der Waals surface area contributed by atoms with Crippen LogP contribution in [0.15, 0.2) is 59.6 Å². The maximum atomic E-state index is 5.91. The molecular weight excluding hydrogens is 465 g/mol. The molecule has 0 amide bonds. The number of nitrogens with one attached hydrogen (secondary N) is 2. The number of hydrogen-bond acceptors (Lipinski definition) is 3. The Balaban J connectivity index is 0.00000280. The van der Waals surface area contributed by atoms with Gasteiger partial charge in [-0.25, -0.2) is 4.99 Å². The zero-order chi connectivity index (χ0) is 18.7. The van der Waals surface area contributed by atoms with Crippen LogP contribution in [0.2, 0.25) is 0 Å². The van der Waals surface area contributed by atoms with Crippen LogP contribution in [0.5, 0.6) is 5.75 Å². The summed E-state index contributed by atoms with van der Waals surface area (Å²) in [4.78, 5) is 4.74. The fraction of sp³-hybridized carbons (Fsp3) is 0.409. The molecule has 1 fully saturated rings. The highest BCUT2D eigenvalue weighted by molar-refractivity contribution is 14.0. The van der Waals surface area contributed by atoms with Gasteiger partial charge in [0.2, 0.25) is 0 Å². The van der Waals surface area contributed by atoms with E-state index in [2.05, 4.69) is 29.7 Å². The van der Waals surface area contributed by atoms with Gasteiger partial charge in [-0.3, -0.25) is 0 Å². The van der Waals surface area contributed by atoms with Crippen molar-refractivity contribution in [2.75, 3.05) is 19.7 Å². The molecule has 2 N–H and O–H groups in total. The molecule has 1 unspecified atom stereocenters. The number of halogens is 1. The van der Waals surface area contributed by atoms with Gasteiger partial charge >= 0.3 is 0 Å². The van der Waals surface area contributed by atoms with Crippen LogP contribution >= 0.6 is 24.0 Å². The lowest BCUT2D eigenvalue weighted by molar-refractivity contribution is 0.114. The second-order valence-corrected chi connectivity index (χ2v) is 6.58. The van der Waals surface area contributed by atoms with Crippen LogP contribution in [0.3, 0.4) is 0 Å². The zero-order valence-corrected chi connectivity index (χ0v) is 18.7. The van der Waals surface area contributed by atoms with E-state index in [1.807, 2.05) is 42.5 Å². The molecule has 6 heteroatoms. The van der Waals surface area contributed by atoms with Crippen LogP contribution in [0.1, 0.15) is 30.9 Å². The summed E-state index contributed by atoms with van der Waals surface area (Å²) in [5.41, 5.74) is 2.32. The van der Waals surface area contributed by atoms with E-state index in [9.17, 15) is 0 Å². The van der Waals surface area contributed by atoms with Crippen molar-refractivity contribution in [3.8, 4) is 5.75 Å². The summed E-state index contributed by atoms with van der Waals surface area (Å²) in [5.74, 6) is 1.70. The van der Waals surface area contributed by atoms with Crippen LogP contribution in [0, 0.1) is 0 Å². The zero-order valence-electron chi connectivity index (χ0n) is 16.4. The first-order valence-corrected chi connectivity index (χ1v) is 9.73. The first-order valence-electron chi connectivity index (χ1n) is 9.73. The number of rotatable bonds is 8. The largest absolute Gasteiger partial charge is 0.489 e. The molecule has 0 spiro atoms. The minimum atomic E-state index is 0. The third kappa shape index (κ3) is 7.31. The topological polar surface area (TPSA) is 54.9 Å². The van der Waals surface area contributed by atoms with Crippen molar-refractivity contribution in [1.82, 2.24) is 10.6 Å². The molecule has 0 saturated carbocycles. The Morgan fingerprint density at radius 2 is 1.82 bits per heavy atom. The standard InChI is InChI=1S/C22H29N3O2.HI/c1-2-23-22(25-16-21-13-8-14-26-21)24-15-18-9-6-7-10-19(18)17-27-20-11-4-3-5-12-20;/h3-7,9-12,21H,2,8,13-17H2,1H3,(H2,23,24,25);1H. The Morgan fingerprint density at radius 1 is 1.07 bits per heavy atom. The maximum absolute atomic E-state index is 5.91. The minimum Gasteiger partial charge on any atom is -0.489 e. The highest BCUT2D eigenvalue weighted by Crippen LogP contribution is 2.15. The van der Waals surface area contributed by atoms with Crippen molar-refractivity contribution in [3.63, 3.8) is 0 Å². The van der Waals surface area contributed by atoms with Crippen molar-refractivity contribution in [3.05, 3.63) is 65.7 Å². The second-order valence-electron chi connectivity index (χ2n) is 6.58. The quantitative estimate of drug-likeness (QED) is 0.329. The Morgan fingerprint density at radius 3 is 2.54 bits per heavy atom. The third-order valence-electron chi connectivity index (χ3n) is 4.53. The van der Waals surface area contributed by atoms with E-state index in [1.165, 1.54) is 5.56 Å². The number of hydrogen-bond donors (Lipinski definition) is 2. The highest BCUT2D eigenvalue weighted by atomic mass is 127. The maximum Gasteiger partial charge on any atom is 0.191 e. The summed E-state index contributed by atoms with van der Waals surface area (Å²) >= 11 is 0. The molecule has 0 bridgehead atoms.